The predicted molar refractivity (Wildman–Crippen MR) is 80.4 cm³/mol. The van der Waals surface area contributed by atoms with Gasteiger partial charge >= 0.3 is 0 Å². The molecule has 2 aromatic carbocycles. The third-order valence-electron chi connectivity index (χ3n) is 3.32. The van der Waals surface area contributed by atoms with Gasteiger partial charge in [-0.15, -0.1) is 0 Å². The Kier molecular flexibility index (Phi) is 3.09. The van der Waals surface area contributed by atoms with Gasteiger partial charge in [0.25, 0.3) is 5.91 Å². The van der Waals surface area contributed by atoms with Crippen LogP contribution in [0.4, 0.5) is 0 Å². The van der Waals surface area contributed by atoms with E-state index >= 15 is 0 Å². The molecule has 0 radical (unpaired) electrons. The van der Waals surface area contributed by atoms with Gasteiger partial charge in [-0.05, 0) is 41.1 Å². The SMILES string of the molecule is N#Cc1ccc2ccc(-c3ncccc3C(N)=O)cc2c1. The summed E-state index contributed by atoms with van der Waals surface area (Å²) in [5.41, 5.74) is 7.71. The number of aromatic nitrogens is 1. The van der Waals surface area contributed by atoms with Crippen LogP contribution in [-0.4, -0.2) is 10.9 Å². The van der Waals surface area contributed by atoms with Crippen molar-refractivity contribution >= 4 is 16.7 Å². The van der Waals surface area contributed by atoms with Gasteiger partial charge in [-0.1, -0.05) is 18.2 Å². The van der Waals surface area contributed by atoms with Gasteiger partial charge < -0.3 is 5.73 Å². The second kappa shape index (κ2) is 5.06. The average molecular weight is 273 g/mol. The Bertz CT molecular complexity index is 894. The van der Waals surface area contributed by atoms with Crippen LogP contribution in [0, 0.1) is 11.3 Å². The summed E-state index contributed by atoms with van der Waals surface area (Å²) in [7, 11) is 0. The summed E-state index contributed by atoms with van der Waals surface area (Å²) in [6, 6.07) is 16.7. The minimum absolute atomic E-state index is 0.383. The molecule has 0 bridgehead atoms. The second-order valence-corrected chi connectivity index (χ2v) is 4.65. The van der Waals surface area contributed by atoms with E-state index in [-0.39, 0.29) is 0 Å². The first kappa shape index (κ1) is 12.8. The third kappa shape index (κ3) is 2.33. The van der Waals surface area contributed by atoms with E-state index in [1.165, 1.54) is 0 Å². The molecule has 0 saturated carbocycles. The Hall–Kier alpha value is -3.19. The van der Waals surface area contributed by atoms with Crippen molar-refractivity contribution in [1.82, 2.24) is 4.98 Å². The van der Waals surface area contributed by atoms with Crippen LogP contribution in [0.5, 0.6) is 0 Å². The number of carbonyl (C=O) groups is 1. The molecule has 0 spiro atoms. The van der Waals surface area contributed by atoms with Crippen molar-refractivity contribution in [2.24, 2.45) is 5.73 Å². The number of rotatable bonds is 2. The summed E-state index contributed by atoms with van der Waals surface area (Å²) < 4.78 is 0. The highest BCUT2D eigenvalue weighted by molar-refractivity contribution is 5.99. The Morgan fingerprint density at radius 2 is 1.90 bits per heavy atom. The summed E-state index contributed by atoms with van der Waals surface area (Å²) in [6.45, 7) is 0. The van der Waals surface area contributed by atoms with Crippen molar-refractivity contribution in [2.45, 2.75) is 0 Å². The molecule has 1 heterocycles. The predicted octanol–water partition coefficient (Wildman–Crippen LogP) is 2.87. The molecular formula is C17H11N3O. The van der Waals surface area contributed by atoms with Crippen molar-refractivity contribution in [3.63, 3.8) is 0 Å². The molecular weight excluding hydrogens is 262 g/mol. The fourth-order valence-corrected chi connectivity index (χ4v) is 2.30. The van der Waals surface area contributed by atoms with E-state index in [4.69, 9.17) is 11.0 Å². The molecule has 1 amide bonds. The van der Waals surface area contributed by atoms with Crippen LogP contribution in [-0.2, 0) is 0 Å². The van der Waals surface area contributed by atoms with Gasteiger partial charge in [-0.3, -0.25) is 9.78 Å². The minimum Gasteiger partial charge on any atom is -0.366 e. The largest absolute Gasteiger partial charge is 0.366 e. The molecule has 2 N–H and O–H groups in total. The van der Waals surface area contributed by atoms with Crippen molar-refractivity contribution in [2.75, 3.05) is 0 Å². The molecule has 0 atom stereocenters. The van der Waals surface area contributed by atoms with Crippen LogP contribution < -0.4 is 5.73 Å². The van der Waals surface area contributed by atoms with E-state index < -0.39 is 5.91 Å². The fourth-order valence-electron chi connectivity index (χ4n) is 2.30. The number of primary amides is 1. The van der Waals surface area contributed by atoms with Crippen LogP contribution in [0.25, 0.3) is 22.0 Å². The first-order chi connectivity index (χ1) is 10.2. The van der Waals surface area contributed by atoms with Gasteiger partial charge in [0.05, 0.1) is 22.9 Å². The van der Waals surface area contributed by atoms with Crippen LogP contribution in [0.1, 0.15) is 15.9 Å². The van der Waals surface area contributed by atoms with Gasteiger partial charge in [0.2, 0.25) is 0 Å². The lowest BCUT2D eigenvalue weighted by Gasteiger charge is -2.07. The first-order valence-corrected chi connectivity index (χ1v) is 6.38. The second-order valence-electron chi connectivity index (χ2n) is 4.65. The molecule has 4 nitrogen and oxygen atoms in total. The molecule has 0 saturated heterocycles. The zero-order valence-corrected chi connectivity index (χ0v) is 11.1. The van der Waals surface area contributed by atoms with E-state index in [2.05, 4.69) is 11.1 Å². The third-order valence-corrected chi connectivity index (χ3v) is 3.32. The highest BCUT2D eigenvalue weighted by Crippen LogP contribution is 2.26. The normalized spacial score (nSPS) is 10.2. The maximum Gasteiger partial charge on any atom is 0.250 e. The molecule has 21 heavy (non-hydrogen) atoms. The molecule has 0 aliphatic heterocycles. The lowest BCUT2D eigenvalue weighted by molar-refractivity contribution is 0.100. The van der Waals surface area contributed by atoms with Crippen molar-refractivity contribution in [3.8, 4) is 17.3 Å². The Labute approximate surface area is 121 Å². The number of nitrogens with two attached hydrogens (primary N) is 1. The summed E-state index contributed by atoms with van der Waals surface area (Å²) in [6.07, 6.45) is 1.62. The van der Waals surface area contributed by atoms with Gasteiger partial charge in [0.15, 0.2) is 0 Å². The average Bonchev–Trinajstić information content (AvgIpc) is 2.53. The molecule has 1 aromatic heterocycles. The summed E-state index contributed by atoms with van der Waals surface area (Å²) in [5, 5.41) is 10.9. The molecule has 3 aromatic rings. The van der Waals surface area contributed by atoms with Gasteiger partial charge in [-0.2, -0.15) is 5.26 Å². The van der Waals surface area contributed by atoms with Crippen LogP contribution in [0.15, 0.2) is 54.7 Å². The minimum atomic E-state index is -0.510. The number of nitrogens with zero attached hydrogens (tertiary/aromatic N) is 2. The molecule has 0 aliphatic rings. The summed E-state index contributed by atoms with van der Waals surface area (Å²) >= 11 is 0. The van der Waals surface area contributed by atoms with E-state index in [1.807, 2.05) is 30.3 Å². The summed E-state index contributed by atoms with van der Waals surface area (Å²) in [5.74, 6) is -0.510. The smallest absolute Gasteiger partial charge is 0.250 e. The highest BCUT2D eigenvalue weighted by Gasteiger charge is 2.11. The topological polar surface area (TPSA) is 79.8 Å². The number of fused-ring (bicyclic) bond motifs is 1. The van der Waals surface area contributed by atoms with E-state index in [0.717, 1.165) is 16.3 Å². The van der Waals surface area contributed by atoms with Crippen molar-refractivity contribution < 1.29 is 4.79 Å². The number of hydrogen-bond acceptors (Lipinski definition) is 3. The number of pyridine rings is 1. The lowest BCUT2D eigenvalue weighted by atomic mass is 10.0. The molecule has 0 aliphatic carbocycles. The number of nitriles is 1. The Morgan fingerprint density at radius 1 is 1.10 bits per heavy atom. The summed E-state index contributed by atoms with van der Waals surface area (Å²) in [4.78, 5) is 15.8. The monoisotopic (exact) mass is 273 g/mol. The Balaban J connectivity index is 2.22. The molecule has 0 unspecified atom stereocenters. The lowest BCUT2D eigenvalue weighted by Crippen LogP contribution is -2.12. The van der Waals surface area contributed by atoms with E-state index in [0.29, 0.717) is 16.8 Å². The zero-order chi connectivity index (χ0) is 14.8. The number of amides is 1. The first-order valence-electron chi connectivity index (χ1n) is 6.38. The highest BCUT2D eigenvalue weighted by atomic mass is 16.1. The van der Waals surface area contributed by atoms with Crippen LogP contribution in [0.2, 0.25) is 0 Å². The molecule has 4 heteroatoms. The number of carbonyl (C=O) groups excluding carboxylic acids is 1. The van der Waals surface area contributed by atoms with Crippen molar-refractivity contribution in [1.29, 1.82) is 5.26 Å². The molecule has 0 fully saturated rings. The number of benzene rings is 2. The van der Waals surface area contributed by atoms with Gasteiger partial charge in [0, 0.05) is 11.8 Å². The Morgan fingerprint density at radius 3 is 2.67 bits per heavy atom. The van der Waals surface area contributed by atoms with Crippen LogP contribution in [0.3, 0.4) is 0 Å². The maximum atomic E-state index is 11.5. The molecule has 100 valence electrons. The van der Waals surface area contributed by atoms with Gasteiger partial charge in [0.1, 0.15) is 0 Å². The quantitative estimate of drug-likeness (QED) is 0.779. The fraction of sp³-hybridized carbons (Fsp3) is 0. The van der Waals surface area contributed by atoms with E-state index in [9.17, 15) is 4.79 Å². The van der Waals surface area contributed by atoms with E-state index in [1.54, 1.807) is 24.4 Å². The standard InChI is InChI=1S/C17H11N3O/c18-10-11-3-4-12-5-6-13(9-14(12)8-11)16-15(17(19)21)2-1-7-20-16/h1-9H,(H2,19,21). The number of hydrogen-bond donors (Lipinski definition) is 1. The van der Waals surface area contributed by atoms with Crippen LogP contribution >= 0.6 is 0 Å². The maximum absolute atomic E-state index is 11.5. The van der Waals surface area contributed by atoms with Crippen molar-refractivity contribution in [3.05, 3.63) is 65.9 Å². The zero-order valence-electron chi connectivity index (χ0n) is 11.1. The van der Waals surface area contributed by atoms with Gasteiger partial charge in [-0.25, -0.2) is 0 Å². The molecule has 3 rings (SSSR count).